The molecule has 2 aliphatic heterocycles. The van der Waals surface area contributed by atoms with Crippen LogP contribution in [0.5, 0.6) is 0 Å². The van der Waals surface area contributed by atoms with Crippen LogP contribution in [0.4, 0.5) is 0 Å². The maximum absolute atomic E-state index is 12.2. The van der Waals surface area contributed by atoms with Gasteiger partial charge in [-0.15, -0.1) is 24.0 Å². The van der Waals surface area contributed by atoms with Crippen molar-refractivity contribution < 1.29 is 9.53 Å². The molecule has 2 saturated carbocycles. The van der Waals surface area contributed by atoms with Gasteiger partial charge in [-0.1, -0.05) is 26.7 Å². The van der Waals surface area contributed by atoms with E-state index in [1.807, 2.05) is 18.7 Å². The van der Waals surface area contributed by atoms with Gasteiger partial charge in [0.05, 0.1) is 6.10 Å². The topological polar surface area (TPSA) is 66.0 Å². The van der Waals surface area contributed by atoms with Crippen LogP contribution in [-0.4, -0.2) is 61.2 Å². The highest BCUT2D eigenvalue weighted by atomic mass is 127. The molecule has 0 aromatic carbocycles. The molecule has 1 spiro atoms. The summed E-state index contributed by atoms with van der Waals surface area (Å²) in [5.41, 5.74) is 0.338. The second-order valence-electron chi connectivity index (χ2n) is 9.53. The molecule has 0 aromatic heterocycles. The molecule has 29 heavy (non-hydrogen) atoms. The summed E-state index contributed by atoms with van der Waals surface area (Å²) in [6.07, 6.45) is 8.89. The molecule has 4 aliphatic rings. The fourth-order valence-electron chi connectivity index (χ4n) is 6.15. The molecule has 6 nitrogen and oxygen atoms in total. The summed E-state index contributed by atoms with van der Waals surface area (Å²) in [5.74, 6) is 1.99. The van der Waals surface area contributed by atoms with Crippen molar-refractivity contribution in [2.24, 2.45) is 22.2 Å². The fourth-order valence-corrected chi connectivity index (χ4v) is 6.15. The van der Waals surface area contributed by atoms with Crippen molar-refractivity contribution >= 4 is 35.8 Å². The normalized spacial score (nSPS) is 31.4. The summed E-state index contributed by atoms with van der Waals surface area (Å²) in [7, 11) is 0. The zero-order valence-electron chi connectivity index (χ0n) is 18.3. The van der Waals surface area contributed by atoms with Crippen LogP contribution >= 0.6 is 24.0 Å². The summed E-state index contributed by atoms with van der Waals surface area (Å²) in [4.78, 5) is 19.0. The average molecular weight is 518 g/mol. The number of hydrogen-bond acceptors (Lipinski definition) is 3. The number of halogens is 1. The van der Waals surface area contributed by atoms with Gasteiger partial charge in [-0.05, 0) is 39.0 Å². The Bertz CT molecular complexity index is 598. The lowest BCUT2D eigenvalue weighted by Gasteiger charge is -2.57. The maximum atomic E-state index is 12.2. The monoisotopic (exact) mass is 518 g/mol. The Morgan fingerprint density at radius 3 is 2.48 bits per heavy atom. The molecule has 2 saturated heterocycles. The number of ether oxygens (including phenoxy) is 1. The lowest BCUT2D eigenvalue weighted by Crippen LogP contribution is -2.69. The summed E-state index contributed by atoms with van der Waals surface area (Å²) >= 11 is 0. The van der Waals surface area contributed by atoms with E-state index < -0.39 is 0 Å². The molecule has 2 N–H and O–H groups in total. The third-order valence-electron chi connectivity index (χ3n) is 7.54. The van der Waals surface area contributed by atoms with Gasteiger partial charge in [0.2, 0.25) is 5.91 Å². The first-order valence-corrected chi connectivity index (χ1v) is 11.5. The molecule has 7 heteroatoms. The van der Waals surface area contributed by atoms with Gasteiger partial charge >= 0.3 is 0 Å². The summed E-state index contributed by atoms with van der Waals surface area (Å²) in [6.45, 7) is 9.47. The Hall–Kier alpha value is -0.570. The van der Waals surface area contributed by atoms with E-state index in [1.165, 1.54) is 32.1 Å². The van der Waals surface area contributed by atoms with Crippen LogP contribution in [0.1, 0.15) is 65.7 Å². The summed E-state index contributed by atoms with van der Waals surface area (Å²) in [6, 6.07) is 0.896. The van der Waals surface area contributed by atoms with Crippen LogP contribution in [0, 0.1) is 17.3 Å². The molecular weight excluding hydrogens is 479 g/mol. The number of carbonyl (C=O) groups is 1. The van der Waals surface area contributed by atoms with E-state index in [1.54, 1.807) is 0 Å². The van der Waals surface area contributed by atoms with Gasteiger partial charge < -0.3 is 20.3 Å². The van der Waals surface area contributed by atoms with E-state index in [2.05, 4.69) is 17.6 Å². The third kappa shape index (κ3) is 4.41. The summed E-state index contributed by atoms with van der Waals surface area (Å²) < 4.78 is 6.13. The van der Waals surface area contributed by atoms with Crippen LogP contribution in [0.3, 0.4) is 0 Å². The average Bonchev–Trinajstić information content (AvgIpc) is 3.35. The molecule has 2 aliphatic carbocycles. The molecule has 3 atom stereocenters. The Balaban J connectivity index is 0.00000240. The predicted octanol–water partition coefficient (Wildman–Crippen LogP) is 3.15. The number of fused-ring (bicyclic) bond motifs is 2. The molecule has 1 amide bonds. The second kappa shape index (κ2) is 9.71. The first kappa shape index (κ1) is 23.1. The number of piperidine rings is 1. The highest BCUT2D eigenvalue weighted by molar-refractivity contribution is 14.0. The smallest absolute Gasteiger partial charge is 0.225 e. The van der Waals surface area contributed by atoms with E-state index >= 15 is 0 Å². The van der Waals surface area contributed by atoms with Gasteiger partial charge in [0.25, 0.3) is 0 Å². The highest BCUT2D eigenvalue weighted by Gasteiger charge is 2.65. The number of rotatable bonds is 4. The number of carbonyl (C=O) groups excluding carboxylic acids is 1. The first-order chi connectivity index (χ1) is 13.5. The fraction of sp³-hybridized carbons (Fsp3) is 0.909. The van der Waals surface area contributed by atoms with Crippen molar-refractivity contribution in [3.05, 3.63) is 0 Å². The van der Waals surface area contributed by atoms with Gasteiger partial charge in [0.15, 0.2) is 5.96 Å². The van der Waals surface area contributed by atoms with Crippen LogP contribution in [0.2, 0.25) is 0 Å². The Kier molecular flexibility index (Phi) is 7.73. The van der Waals surface area contributed by atoms with Crippen molar-refractivity contribution in [1.82, 2.24) is 15.5 Å². The Morgan fingerprint density at radius 1 is 1.17 bits per heavy atom. The molecule has 166 valence electrons. The first-order valence-electron chi connectivity index (χ1n) is 11.5. The SMILES string of the molecule is CCN=C(NC1CCN(C(=O)C(C)C)CC1)NC1C2CCOC2C12CCCC2.I. The minimum atomic E-state index is 0. The van der Waals surface area contributed by atoms with Crippen molar-refractivity contribution in [2.45, 2.75) is 83.9 Å². The molecule has 3 unspecified atom stereocenters. The number of nitrogens with zero attached hydrogens (tertiary/aromatic N) is 2. The molecule has 2 heterocycles. The Morgan fingerprint density at radius 2 is 1.86 bits per heavy atom. The number of amides is 1. The van der Waals surface area contributed by atoms with Crippen LogP contribution < -0.4 is 10.6 Å². The number of guanidine groups is 1. The molecule has 0 bridgehead atoms. The minimum Gasteiger partial charge on any atom is -0.377 e. The number of nitrogens with one attached hydrogen (secondary N) is 2. The van der Waals surface area contributed by atoms with Crippen molar-refractivity contribution in [3.63, 3.8) is 0 Å². The van der Waals surface area contributed by atoms with Crippen LogP contribution in [0.25, 0.3) is 0 Å². The lowest BCUT2D eigenvalue weighted by molar-refractivity contribution is -0.135. The summed E-state index contributed by atoms with van der Waals surface area (Å²) in [5, 5.41) is 7.53. The number of hydrogen-bond donors (Lipinski definition) is 2. The van der Waals surface area contributed by atoms with Crippen LogP contribution in [-0.2, 0) is 9.53 Å². The van der Waals surface area contributed by atoms with E-state index in [0.29, 0.717) is 29.5 Å². The van der Waals surface area contributed by atoms with Gasteiger partial charge in [-0.3, -0.25) is 9.79 Å². The van der Waals surface area contributed by atoms with E-state index in [-0.39, 0.29) is 35.8 Å². The lowest BCUT2D eigenvalue weighted by atomic mass is 9.54. The number of aliphatic imine (C=N–C) groups is 1. The molecule has 0 radical (unpaired) electrons. The van der Waals surface area contributed by atoms with Gasteiger partial charge in [0, 0.05) is 55.6 Å². The zero-order chi connectivity index (χ0) is 19.7. The standard InChI is InChI=1S/C22H38N4O2.HI/c1-4-23-21(24-16-7-12-26(13-8-16)20(27)15(2)3)25-18-17-9-14-28-19(17)22(18)10-5-6-11-22;/h15-19H,4-14H2,1-3H3,(H2,23,24,25);1H. The largest absolute Gasteiger partial charge is 0.377 e. The van der Waals surface area contributed by atoms with Crippen molar-refractivity contribution in [1.29, 1.82) is 0 Å². The molecular formula is C22H39IN4O2. The molecule has 4 fully saturated rings. The van der Waals surface area contributed by atoms with Crippen LogP contribution in [0.15, 0.2) is 4.99 Å². The molecule has 0 aromatic rings. The van der Waals surface area contributed by atoms with Gasteiger partial charge in [0.1, 0.15) is 0 Å². The number of likely N-dealkylation sites (tertiary alicyclic amines) is 1. The van der Waals surface area contributed by atoms with Crippen molar-refractivity contribution in [3.8, 4) is 0 Å². The maximum Gasteiger partial charge on any atom is 0.225 e. The van der Waals surface area contributed by atoms with Gasteiger partial charge in [-0.2, -0.15) is 0 Å². The van der Waals surface area contributed by atoms with E-state index in [4.69, 9.17) is 9.73 Å². The zero-order valence-corrected chi connectivity index (χ0v) is 20.6. The van der Waals surface area contributed by atoms with E-state index in [9.17, 15) is 4.79 Å². The van der Waals surface area contributed by atoms with E-state index in [0.717, 1.165) is 45.0 Å². The quantitative estimate of drug-likeness (QED) is 0.341. The predicted molar refractivity (Wildman–Crippen MR) is 127 cm³/mol. The van der Waals surface area contributed by atoms with Gasteiger partial charge in [-0.25, -0.2) is 0 Å². The molecule has 4 rings (SSSR count). The second-order valence-corrected chi connectivity index (χ2v) is 9.53. The van der Waals surface area contributed by atoms with Crippen molar-refractivity contribution in [2.75, 3.05) is 26.2 Å². The third-order valence-corrected chi connectivity index (χ3v) is 7.54. The minimum absolute atomic E-state index is 0. The Labute approximate surface area is 193 Å². The highest BCUT2D eigenvalue weighted by Crippen LogP contribution is 2.60.